The molecule has 1 aromatic carbocycles. The van der Waals surface area contributed by atoms with Crippen molar-refractivity contribution in [3.63, 3.8) is 0 Å². The number of rotatable bonds is 5. The van der Waals surface area contributed by atoms with E-state index in [0.717, 1.165) is 0 Å². The third-order valence-electron chi connectivity index (χ3n) is 3.46. The molecule has 2 aromatic heterocycles. The fourth-order valence-electron chi connectivity index (χ4n) is 2.23. The summed E-state index contributed by atoms with van der Waals surface area (Å²) >= 11 is -2.40. The molecule has 6 nitrogen and oxygen atoms in total. The molecule has 0 aliphatic rings. The van der Waals surface area contributed by atoms with Gasteiger partial charge in [0, 0.05) is 34.6 Å². The molecule has 0 aliphatic carbocycles. The second-order valence-electron chi connectivity index (χ2n) is 5.04. The minimum Gasteiger partial charge on any atom is -0.609 e. The van der Waals surface area contributed by atoms with Gasteiger partial charge in [0.1, 0.15) is 11.5 Å². The predicted molar refractivity (Wildman–Crippen MR) is 93.0 cm³/mol. The molecular weight excluding hydrogens is 326 g/mol. The highest BCUT2D eigenvalue weighted by atomic mass is 32.2. The highest BCUT2D eigenvalue weighted by Gasteiger charge is 2.21. The lowest BCUT2D eigenvalue weighted by atomic mass is 10.1. The lowest BCUT2D eigenvalue weighted by molar-refractivity contribution is 0.407. The Kier molecular flexibility index (Phi) is 2.59. The summed E-state index contributed by atoms with van der Waals surface area (Å²) < 4.78 is 83.3. The topological polar surface area (TPSA) is 83.1 Å². The first-order valence-electron chi connectivity index (χ1n) is 10.8. The van der Waals surface area contributed by atoms with Crippen LogP contribution in [0.4, 0.5) is 0 Å². The molecule has 2 heterocycles. The molecular formula is C17H19N3O3S. The number of nitrogens with zero attached hydrogens (tertiary/aromatic N) is 2. The van der Waals surface area contributed by atoms with Gasteiger partial charge in [0.2, 0.25) is 0 Å². The van der Waals surface area contributed by atoms with Crippen molar-refractivity contribution in [1.29, 1.82) is 0 Å². The first-order valence-corrected chi connectivity index (χ1v) is 8.00. The van der Waals surface area contributed by atoms with Gasteiger partial charge in [-0.3, -0.25) is 9.97 Å². The van der Waals surface area contributed by atoms with Crippen LogP contribution in [0.15, 0.2) is 29.6 Å². The van der Waals surface area contributed by atoms with Gasteiger partial charge in [-0.1, -0.05) is 0 Å². The maximum Gasteiger partial charge on any atom is 0.322 e. The van der Waals surface area contributed by atoms with Crippen molar-refractivity contribution in [3.8, 4) is 11.5 Å². The van der Waals surface area contributed by atoms with Crippen molar-refractivity contribution < 1.29 is 25.0 Å². The number of fused-ring (bicyclic) bond motifs is 1. The zero-order chi connectivity index (χ0) is 24.1. The largest absolute Gasteiger partial charge is 0.609 e. The number of ether oxygens (including phenoxy) is 2. The molecule has 0 bridgehead atoms. The maximum absolute atomic E-state index is 13.1. The summed E-state index contributed by atoms with van der Waals surface area (Å²) in [5.41, 5.74) is -1.71. The lowest BCUT2D eigenvalue weighted by Crippen LogP contribution is -2.10. The van der Waals surface area contributed by atoms with Crippen LogP contribution in [0, 0.1) is 13.8 Å². The number of methoxy groups -OCH3 is 2. The molecule has 0 radical (unpaired) electrons. The van der Waals surface area contributed by atoms with E-state index in [0.29, 0.717) is 11.1 Å². The summed E-state index contributed by atoms with van der Waals surface area (Å²) in [7, 11) is -5.41. The molecule has 1 N–H and O–H groups in total. The fraction of sp³-hybridized carbons (Fsp3) is 0.294. The Morgan fingerprint density at radius 3 is 2.96 bits per heavy atom. The number of imidazole rings is 1. The number of H-pyrrole nitrogens is 1. The monoisotopic (exact) mass is 353 g/mol. The third kappa shape index (κ3) is 3.05. The number of aromatic amines is 1. The average Bonchev–Trinajstić information content (AvgIpc) is 3.05. The molecule has 24 heavy (non-hydrogen) atoms. The number of hydrogen-bond donors (Lipinski definition) is 1. The third-order valence-corrected chi connectivity index (χ3v) is 4.38. The Labute approximate surface area is 154 Å². The lowest BCUT2D eigenvalue weighted by Gasteiger charge is -2.13. The van der Waals surface area contributed by atoms with Gasteiger partial charge in [-0.15, -0.1) is 0 Å². The summed E-state index contributed by atoms with van der Waals surface area (Å²) in [4.78, 5) is 10.9. The summed E-state index contributed by atoms with van der Waals surface area (Å²) in [6.07, 6.45) is 1.25. The minimum atomic E-state index is -2.76. The van der Waals surface area contributed by atoms with E-state index in [1.54, 1.807) is 6.92 Å². The minimum absolute atomic E-state index is 0.0202. The molecule has 7 heteroatoms. The van der Waals surface area contributed by atoms with Gasteiger partial charge in [0.15, 0.2) is 5.70 Å². The predicted octanol–water partition coefficient (Wildman–Crippen LogP) is 2.90. The molecule has 3 aromatic rings. The smallest absolute Gasteiger partial charge is 0.322 e. The van der Waals surface area contributed by atoms with Crippen molar-refractivity contribution in [2.45, 2.75) is 24.7 Å². The van der Waals surface area contributed by atoms with Gasteiger partial charge in [0.25, 0.3) is 0 Å². The summed E-state index contributed by atoms with van der Waals surface area (Å²) in [6.45, 7) is 3.00. The molecule has 0 spiro atoms. The van der Waals surface area contributed by atoms with Crippen molar-refractivity contribution in [1.82, 2.24) is 15.0 Å². The normalized spacial score (nSPS) is 19.0. The van der Waals surface area contributed by atoms with Crippen LogP contribution in [-0.4, -0.2) is 33.6 Å². The van der Waals surface area contributed by atoms with E-state index < -0.39 is 31.0 Å². The van der Waals surface area contributed by atoms with E-state index in [9.17, 15) is 4.55 Å². The molecule has 1 atom stereocenters. The Balaban J connectivity index is 1.98. The second-order valence-corrected chi connectivity index (χ2v) is 6.17. The van der Waals surface area contributed by atoms with Crippen molar-refractivity contribution in [2.24, 2.45) is 0 Å². The fourth-order valence-corrected chi connectivity index (χ4v) is 3.09. The van der Waals surface area contributed by atoms with Gasteiger partial charge in [-0.2, -0.15) is 4.98 Å². The number of hydrogen-bond acceptors (Lipinski definition) is 5. The summed E-state index contributed by atoms with van der Waals surface area (Å²) in [6, 6.07) is 4.18. The van der Waals surface area contributed by atoms with Crippen molar-refractivity contribution in [3.05, 3.63) is 41.2 Å². The highest BCUT2D eigenvalue weighted by Crippen LogP contribution is 2.27. The van der Waals surface area contributed by atoms with E-state index in [-0.39, 0.29) is 33.4 Å². The van der Waals surface area contributed by atoms with Crippen molar-refractivity contribution >= 4 is 22.2 Å². The highest BCUT2D eigenvalue weighted by molar-refractivity contribution is 7.90. The van der Waals surface area contributed by atoms with Gasteiger partial charge >= 0.3 is 5.16 Å². The maximum atomic E-state index is 13.1. The summed E-state index contributed by atoms with van der Waals surface area (Å²) in [5, 5.41) is -0.212. The molecule has 0 fully saturated rings. The van der Waals surface area contributed by atoms with Gasteiger partial charge in [0.05, 0.1) is 41.8 Å². The van der Waals surface area contributed by atoms with Crippen molar-refractivity contribution in [2.75, 3.05) is 14.1 Å². The van der Waals surface area contributed by atoms with E-state index in [1.807, 2.05) is 0 Å². The van der Waals surface area contributed by atoms with Gasteiger partial charge in [-0.25, -0.2) is 0 Å². The first kappa shape index (κ1) is 9.29. The number of aromatic nitrogens is 3. The van der Waals surface area contributed by atoms with Crippen LogP contribution >= 0.6 is 0 Å². The van der Waals surface area contributed by atoms with Crippen LogP contribution in [0.25, 0.3) is 11.0 Å². The Morgan fingerprint density at radius 2 is 2.17 bits per heavy atom. The van der Waals surface area contributed by atoms with Crippen LogP contribution in [0.5, 0.6) is 11.5 Å². The first-order chi connectivity index (χ1) is 14.6. The number of aryl methyl sites for hydroxylation is 1. The standard InChI is InChI=1S/C17H19N3O3S/c1-10-8-18-15(11(2)16(10)23-4)9-24(21)17-19-13-6-5-12(22-3)7-14(13)20-17/h5-8H,9H2,1-4H3,(H,19,20)/i3D3,4D3,9D2. The molecule has 0 amide bonds. The van der Waals surface area contributed by atoms with E-state index in [4.69, 9.17) is 20.4 Å². The molecule has 126 valence electrons. The molecule has 0 saturated carbocycles. The molecule has 1 unspecified atom stereocenters. The van der Waals surface area contributed by atoms with Crippen LogP contribution in [0.1, 0.15) is 27.8 Å². The zero-order valence-corrected chi connectivity index (χ0v) is 13.7. The van der Waals surface area contributed by atoms with Gasteiger partial charge in [-0.05, 0) is 26.0 Å². The molecule has 0 saturated heterocycles. The molecule has 3 rings (SSSR count). The van der Waals surface area contributed by atoms with E-state index in [1.165, 1.54) is 31.3 Å². The Hall–Kier alpha value is -2.25. The number of benzene rings is 1. The Morgan fingerprint density at radius 1 is 1.33 bits per heavy atom. The molecule has 0 aliphatic heterocycles. The quantitative estimate of drug-likeness (QED) is 0.713. The van der Waals surface area contributed by atoms with Gasteiger partial charge < -0.3 is 14.0 Å². The van der Waals surface area contributed by atoms with E-state index >= 15 is 0 Å². The van der Waals surface area contributed by atoms with Crippen LogP contribution in [-0.2, 0) is 16.9 Å². The number of nitrogens with one attached hydrogen (secondary N) is 1. The zero-order valence-electron chi connectivity index (χ0n) is 20.8. The number of pyridine rings is 1. The average molecular weight is 353 g/mol. The van der Waals surface area contributed by atoms with E-state index in [2.05, 4.69) is 15.0 Å². The Bertz CT molecular complexity index is 1150. The SMILES string of the molecule is [2H]C([2H])([2H])Oc1ccc2[nH]c([S+]([O-])C([2H])([2H])c3ncc(C)c(OC([2H])([2H])[2H])c3C)nc2c1. The second kappa shape index (κ2) is 6.70. The van der Waals surface area contributed by atoms with Crippen LogP contribution in [0.3, 0.4) is 0 Å². The summed E-state index contributed by atoms with van der Waals surface area (Å²) in [5.74, 6) is -0.0428. The van der Waals surface area contributed by atoms with Crippen LogP contribution < -0.4 is 9.47 Å². The van der Waals surface area contributed by atoms with Crippen LogP contribution in [0.2, 0.25) is 0 Å².